The Morgan fingerprint density at radius 2 is 1.73 bits per heavy atom. The summed E-state index contributed by atoms with van der Waals surface area (Å²) in [5.74, 6) is -0.332. The highest BCUT2D eigenvalue weighted by atomic mass is 32.2. The van der Waals surface area contributed by atoms with Gasteiger partial charge in [0.15, 0.2) is 0 Å². The van der Waals surface area contributed by atoms with E-state index in [1.807, 2.05) is 6.07 Å². The van der Waals surface area contributed by atoms with Crippen molar-refractivity contribution in [1.29, 1.82) is 0 Å². The van der Waals surface area contributed by atoms with E-state index < -0.39 is 17.6 Å². The fourth-order valence-corrected chi connectivity index (χ4v) is 4.91. The van der Waals surface area contributed by atoms with E-state index in [0.717, 1.165) is 16.7 Å². The number of thioether (sulfide) groups is 1. The highest BCUT2D eigenvalue weighted by molar-refractivity contribution is 8.03. The molecule has 2 aliphatic heterocycles. The van der Waals surface area contributed by atoms with Gasteiger partial charge >= 0.3 is 6.18 Å². The summed E-state index contributed by atoms with van der Waals surface area (Å²) < 4.78 is 43.0. The number of nitrogens with zero attached hydrogens (tertiary/aromatic N) is 1. The van der Waals surface area contributed by atoms with Crippen LogP contribution in [0.15, 0.2) is 70.5 Å². The average Bonchev–Trinajstić information content (AvgIpc) is 2.91. The minimum absolute atomic E-state index is 0.180. The smallest absolute Gasteiger partial charge is 0.327 e. The van der Waals surface area contributed by atoms with Crippen LogP contribution in [-0.4, -0.2) is 23.5 Å². The van der Waals surface area contributed by atoms with Gasteiger partial charge in [-0.3, -0.25) is 4.79 Å². The van der Waals surface area contributed by atoms with E-state index in [1.54, 1.807) is 54.6 Å². The number of benzene rings is 2. The number of halogens is 3. The summed E-state index contributed by atoms with van der Waals surface area (Å²) in [4.78, 5) is 15.0. The normalized spacial score (nSPS) is 24.9. The maximum Gasteiger partial charge on any atom is 0.400 e. The zero-order valence-corrected chi connectivity index (χ0v) is 14.8. The van der Waals surface area contributed by atoms with Gasteiger partial charge in [0, 0.05) is 21.9 Å². The van der Waals surface area contributed by atoms with Crippen molar-refractivity contribution in [2.24, 2.45) is 5.41 Å². The quantitative estimate of drug-likeness (QED) is 0.696. The van der Waals surface area contributed by atoms with Gasteiger partial charge in [0.25, 0.3) is 5.91 Å². The van der Waals surface area contributed by atoms with Crippen LogP contribution in [0.25, 0.3) is 0 Å². The van der Waals surface area contributed by atoms with E-state index in [4.69, 9.17) is 0 Å². The Bertz CT molecular complexity index is 893. The third-order valence-corrected chi connectivity index (χ3v) is 6.47. The van der Waals surface area contributed by atoms with Crippen LogP contribution < -0.4 is 0 Å². The van der Waals surface area contributed by atoms with Crippen LogP contribution in [0.4, 0.5) is 13.2 Å². The van der Waals surface area contributed by atoms with Gasteiger partial charge < -0.3 is 4.90 Å². The highest BCUT2D eigenvalue weighted by Gasteiger charge is 2.64. The molecule has 2 aromatic rings. The lowest BCUT2D eigenvalue weighted by Gasteiger charge is -2.46. The molecule has 2 aromatic carbocycles. The summed E-state index contributed by atoms with van der Waals surface area (Å²) in [7, 11) is 0. The lowest BCUT2D eigenvalue weighted by Crippen LogP contribution is -2.50. The number of carbonyl (C=O) groups is 1. The number of hydrogen-bond donors (Lipinski definition) is 0. The summed E-state index contributed by atoms with van der Waals surface area (Å²) in [5, 5.41) is 0. The Morgan fingerprint density at radius 3 is 2.42 bits per heavy atom. The SMILES string of the molecule is C[C@]1(C(F)(F)F)C(Sc2ccccc2)=CCN2C(=O)c3ccccc3[C@@H]21. The zero-order valence-electron chi connectivity index (χ0n) is 14.0. The molecule has 0 saturated carbocycles. The van der Waals surface area contributed by atoms with E-state index >= 15 is 0 Å². The predicted octanol–water partition coefficient (Wildman–Crippen LogP) is 5.44. The van der Waals surface area contributed by atoms with Crippen LogP contribution in [0.3, 0.4) is 0 Å². The van der Waals surface area contributed by atoms with Crippen molar-refractivity contribution in [3.05, 3.63) is 76.7 Å². The van der Waals surface area contributed by atoms with Crippen molar-refractivity contribution >= 4 is 17.7 Å². The van der Waals surface area contributed by atoms with Gasteiger partial charge in [0.1, 0.15) is 5.41 Å². The number of fused-ring (bicyclic) bond motifs is 3. The van der Waals surface area contributed by atoms with Gasteiger partial charge in [-0.1, -0.05) is 54.2 Å². The van der Waals surface area contributed by atoms with E-state index in [1.165, 1.54) is 11.8 Å². The first-order valence-corrected chi connectivity index (χ1v) is 9.06. The Balaban J connectivity index is 1.85. The fourth-order valence-electron chi connectivity index (χ4n) is 3.77. The van der Waals surface area contributed by atoms with Crippen LogP contribution in [0.5, 0.6) is 0 Å². The Morgan fingerprint density at radius 1 is 1.08 bits per heavy atom. The molecular formula is C20H16F3NOS. The number of rotatable bonds is 2. The van der Waals surface area contributed by atoms with Gasteiger partial charge in [-0.05, 0) is 30.7 Å². The molecule has 0 unspecified atom stereocenters. The first-order valence-electron chi connectivity index (χ1n) is 8.24. The monoisotopic (exact) mass is 375 g/mol. The molecule has 0 N–H and O–H groups in total. The molecule has 0 aliphatic carbocycles. The second-order valence-corrected chi connectivity index (χ2v) is 7.75. The van der Waals surface area contributed by atoms with Gasteiger partial charge in [0.05, 0.1) is 6.04 Å². The number of amides is 1. The predicted molar refractivity (Wildman–Crippen MR) is 94.8 cm³/mol. The molecule has 0 aromatic heterocycles. The molecule has 2 heterocycles. The molecule has 2 atom stereocenters. The Kier molecular flexibility index (Phi) is 3.91. The molecule has 4 rings (SSSR count). The molecule has 0 radical (unpaired) electrons. The summed E-state index contributed by atoms with van der Waals surface area (Å²) >= 11 is 1.13. The largest absolute Gasteiger partial charge is 0.400 e. The molecule has 6 heteroatoms. The number of alkyl halides is 3. The minimum atomic E-state index is -4.50. The van der Waals surface area contributed by atoms with Crippen LogP contribution in [0.1, 0.15) is 28.9 Å². The second kappa shape index (κ2) is 5.91. The van der Waals surface area contributed by atoms with E-state index in [0.29, 0.717) is 11.1 Å². The van der Waals surface area contributed by atoms with Crippen LogP contribution in [0.2, 0.25) is 0 Å². The first kappa shape index (κ1) is 17.2. The maximum absolute atomic E-state index is 14.3. The van der Waals surface area contributed by atoms with Crippen LogP contribution in [0, 0.1) is 5.41 Å². The summed E-state index contributed by atoms with van der Waals surface area (Å²) in [5.41, 5.74) is -1.34. The third-order valence-electron chi connectivity index (χ3n) is 5.15. The third kappa shape index (κ3) is 2.39. The van der Waals surface area contributed by atoms with Crippen LogP contribution >= 0.6 is 11.8 Å². The maximum atomic E-state index is 14.3. The van der Waals surface area contributed by atoms with E-state index in [2.05, 4.69) is 0 Å². The van der Waals surface area contributed by atoms with Gasteiger partial charge in [-0.2, -0.15) is 13.2 Å². The molecule has 2 aliphatic rings. The second-order valence-electron chi connectivity index (χ2n) is 6.63. The van der Waals surface area contributed by atoms with Crippen molar-refractivity contribution in [3.63, 3.8) is 0 Å². The first-order chi connectivity index (χ1) is 12.3. The molecule has 0 saturated heterocycles. The van der Waals surface area contributed by atoms with Crippen molar-refractivity contribution in [1.82, 2.24) is 4.90 Å². The Labute approximate surface area is 153 Å². The summed E-state index contributed by atoms with van der Waals surface area (Å²) in [6.07, 6.45) is -2.95. The number of hydrogen-bond acceptors (Lipinski definition) is 2. The Hall–Kier alpha value is -2.21. The van der Waals surface area contributed by atoms with Gasteiger partial charge in [-0.25, -0.2) is 0 Å². The van der Waals surface area contributed by atoms with Crippen molar-refractivity contribution in [3.8, 4) is 0 Å². The number of carbonyl (C=O) groups excluding carboxylic acids is 1. The van der Waals surface area contributed by atoms with Gasteiger partial charge in [0.2, 0.25) is 0 Å². The molecule has 0 bridgehead atoms. The topological polar surface area (TPSA) is 20.3 Å². The average molecular weight is 375 g/mol. The molecule has 134 valence electrons. The summed E-state index contributed by atoms with van der Waals surface area (Å²) in [6.45, 7) is 1.39. The van der Waals surface area contributed by atoms with E-state index in [-0.39, 0.29) is 17.4 Å². The standard InChI is InChI=1S/C20H16F3NOS/c1-19(20(21,22)23)16(26-13-7-3-2-4-8-13)11-12-24-17(19)14-9-5-6-10-15(14)18(24)25/h2-11,17H,12H2,1H3/t17-,19+/m1/s1. The molecule has 2 nitrogen and oxygen atoms in total. The molecule has 0 fully saturated rings. The molecule has 26 heavy (non-hydrogen) atoms. The van der Waals surface area contributed by atoms with Gasteiger partial charge in [-0.15, -0.1) is 0 Å². The van der Waals surface area contributed by atoms with Crippen molar-refractivity contribution in [2.75, 3.05) is 6.54 Å². The fraction of sp³-hybridized carbons (Fsp3) is 0.250. The summed E-state index contributed by atoms with van der Waals surface area (Å²) in [6, 6.07) is 14.6. The van der Waals surface area contributed by atoms with E-state index in [9.17, 15) is 18.0 Å². The zero-order chi connectivity index (χ0) is 18.5. The van der Waals surface area contributed by atoms with Crippen molar-refractivity contribution in [2.45, 2.75) is 24.0 Å². The lowest BCUT2D eigenvalue weighted by molar-refractivity contribution is -0.220. The molecule has 0 spiro atoms. The molecule has 1 amide bonds. The minimum Gasteiger partial charge on any atom is -0.327 e. The highest BCUT2D eigenvalue weighted by Crippen LogP contribution is 2.62. The van der Waals surface area contributed by atoms with Crippen LogP contribution in [-0.2, 0) is 0 Å². The van der Waals surface area contributed by atoms with Crippen molar-refractivity contribution < 1.29 is 18.0 Å². The lowest BCUT2D eigenvalue weighted by atomic mass is 9.75. The molecular weight excluding hydrogens is 359 g/mol.